The van der Waals surface area contributed by atoms with Crippen molar-refractivity contribution in [2.24, 2.45) is 4.99 Å². The van der Waals surface area contributed by atoms with Crippen molar-refractivity contribution in [3.05, 3.63) is 102 Å². The minimum Gasteiger partial charge on any atom is -0.495 e. The number of methoxy groups -OCH3 is 1. The third-order valence-corrected chi connectivity index (χ3v) is 6.10. The number of para-hydroxylation sites is 1. The van der Waals surface area contributed by atoms with E-state index in [1.807, 2.05) is 90.5 Å². The number of benzene rings is 3. The SMILES string of the molecule is COc1cc(-c2nnc(NC3N=C(c4ccccc4)c4ccccc4NC3=O)o2)ccc1-n1cnc(C)c1. The maximum atomic E-state index is 13.1. The topological polar surface area (TPSA) is 119 Å². The second-order valence-electron chi connectivity index (χ2n) is 8.65. The van der Waals surface area contributed by atoms with Crippen molar-refractivity contribution in [2.45, 2.75) is 13.1 Å². The number of hydrogen-bond donors (Lipinski definition) is 2. The predicted molar refractivity (Wildman–Crippen MR) is 143 cm³/mol. The first kappa shape index (κ1) is 23.2. The van der Waals surface area contributed by atoms with Crippen LogP contribution in [-0.4, -0.2) is 44.6 Å². The number of rotatable bonds is 6. The van der Waals surface area contributed by atoms with Gasteiger partial charge in [0.1, 0.15) is 5.75 Å². The average Bonchev–Trinajstić information content (AvgIpc) is 3.57. The van der Waals surface area contributed by atoms with Gasteiger partial charge in [-0.3, -0.25) is 4.79 Å². The largest absolute Gasteiger partial charge is 0.495 e. The number of nitrogens with zero attached hydrogens (tertiary/aromatic N) is 5. The van der Waals surface area contributed by atoms with E-state index in [1.54, 1.807) is 13.4 Å². The lowest BCUT2D eigenvalue weighted by Gasteiger charge is -2.11. The van der Waals surface area contributed by atoms with Crippen molar-refractivity contribution in [1.82, 2.24) is 19.7 Å². The van der Waals surface area contributed by atoms with Gasteiger partial charge in [-0.25, -0.2) is 9.98 Å². The van der Waals surface area contributed by atoms with Gasteiger partial charge in [0.15, 0.2) is 0 Å². The molecule has 38 heavy (non-hydrogen) atoms. The maximum Gasteiger partial charge on any atom is 0.317 e. The zero-order chi connectivity index (χ0) is 26.1. The summed E-state index contributed by atoms with van der Waals surface area (Å²) in [5.74, 6) is 0.541. The van der Waals surface area contributed by atoms with Crippen LogP contribution >= 0.6 is 0 Å². The molecule has 0 saturated carbocycles. The molecule has 2 aromatic heterocycles. The van der Waals surface area contributed by atoms with E-state index >= 15 is 0 Å². The summed E-state index contributed by atoms with van der Waals surface area (Å²) in [4.78, 5) is 22.1. The first-order valence-electron chi connectivity index (χ1n) is 11.9. The van der Waals surface area contributed by atoms with Crippen LogP contribution in [0, 0.1) is 6.92 Å². The molecule has 1 aliphatic heterocycles. The molecule has 0 fully saturated rings. The van der Waals surface area contributed by atoms with Crippen LogP contribution in [0.4, 0.5) is 11.7 Å². The Bertz CT molecular complexity index is 1660. The lowest BCUT2D eigenvalue weighted by molar-refractivity contribution is -0.116. The Kier molecular flexibility index (Phi) is 5.89. The van der Waals surface area contributed by atoms with Crippen LogP contribution in [0.25, 0.3) is 17.1 Å². The molecule has 0 bridgehead atoms. The fraction of sp³-hybridized carbons (Fsp3) is 0.107. The molecule has 10 heteroatoms. The summed E-state index contributed by atoms with van der Waals surface area (Å²) in [5.41, 5.74) is 5.44. The number of amides is 1. The molecule has 0 saturated heterocycles. The molecule has 0 radical (unpaired) electrons. The molecule has 1 aliphatic rings. The van der Waals surface area contributed by atoms with E-state index in [4.69, 9.17) is 14.1 Å². The third-order valence-electron chi connectivity index (χ3n) is 6.10. The van der Waals surface area contributed by atoms with Crippen molar-refractivity contribution in [3.8, 4) is 22.9 Å². The van der Waals surface area contributed by atoms with Crippen molar-refractivity contribution >= 4 is 23.3 Å². The van der Waals surface area contributed by atoms with Gasteiger partial charge < -0.3 is 24.4 Å². The van der Waals surface area contributed by atoms with E-state index in [0.29, 0.717) is 22.7 Å². The Morgan fingerprint density at radius 1 is 1.00 bits per heavy atom. The fourth-order valence-electron chi connectivity index (χ4n) is 4.27. The number of benzodiazepines with no additional fused rings is 1. The van der Waals surface area contributed by atoms with Crippen molar-refractivity contribution in [1.29, 1.82) is 0 Å². The number of ether oxygens (including phenoxy) is 1. The minimum atomic E-state index is -0.993. The predicted octanol–water partition coefficient (Wildman–Crippen LogP) is 4.47. The van der Waals surface area contributed by atoms with E-state index in [0.717, 1.165) is 22.5 Å². The zero-order valence-corrected chi connectivity index (χ0v) is 20.6. The second-order valence-corrected chi connectivity index (χ2v) is 8.65. The highest BCUT2D eigenvalue weighted by Crippen LogP contribution is 2.30. The number of carbonyl (C=O) groups is 1. The standard InChI is InChI=1S/C28H23N7O3/c1-17-15-35(16-29-17)22-13-12-19(14-23(22)37-2)27-33-34-28(38-27)32-25-26(36)30-21-11-7-6-10-20(21)24(31-25)18-8-4-3-5-9-18/h3-16,25H,1-2H3,(H,30,36)(H,32,34). The zero-order valence-electron chi connectivity index (χ0n) is 20.6. The smallest absolute Gasteiger partial charge is 0.317 e. The molecule has 2 N–H and O–H groups in total. The molecule has 1 unspecified atom stereocenters. The van der Waals surface area contributed by atoms with E-state index in [9.17, 15) is 4.79 Å². The highest BCUT2D eigenvalue weighted by atomic mass is 16.5. The van der Waals surface area contributed by atoms with Crippen LogP contribution < -0.4 is 15.4 Å². The molecule has 3 aromatic carbocycles. The van der Waals surface area contributed by atoms with E-state index in [-0.39, 0.29) is 17.8 Å². The summed E-state index contributed by atoms with van der Waals surface area (Å²) < 4.78 is 13.3. The summed E-state index contributed by atoms with van der Waals surface area (Å²) in [6, 6.07) is 22.9. The van der Waals surface area contributed by atoms with Crippen molar-refractivity contribution in [2.75, 3.05) is 17.7 Å². The number of nitrogens with one attached hydrogen (secondary N) is 2. The van der Waals surface area contributed by atoms with Gasteiger partial charge in [0.05, 0.1) is 36.2 Å². The molecule has 5 aromatic rings. The normalized spacial score (nSPS) is 14.7. The monoisotopic (exact) mass is 505 g/mol. The van der Waals surface area contributed by atoms with Crippen LogP contribution in [0.15, 0.2) is 94.7 Å². The maximum absolute atomic E-state index is 13.1. The lowest BCUT2D eigenvalue weighted by Crippen LogP contribution is -2.32. The Balaban J connectivity index is 1.30. The Labute approximate surface area is 218 Å². The molecule has 188 valence electrons. The van der Waals surface area contributed by atoms with Crippen LogP contribution in [0.2, 0.25) is 0 Å². The summed E-state index contributed by atoms with van der Waals surface area (Å²) in [5, 5.41) is 14.2. The number of hydrogen-bond acceptors (Lipinski definition) is 8. The van der Waals surface area contributed by atoms with Gasteiger partial charge in [-0.1, -0.05) is 53.6 Å². The van der Waals surface area contributed by atoms with Crippen molar-refractivity contribution in [3.63, 3.8) is 0 Å². The minimum absolute atomic E-state index is 0.0653. The van der Waals surface area contributed by atoms with Gasteiger partial charge in [0.25, 0.3) is 5.91 Å². The molecule has 1 atom stereocenters. The molecule has 10 nitrogen and oxygen atoms in total. The van der Waals surface area contributed by atoms with Gasteiger partial charge in [-0.2, -0.15) is 0 Å². The van der Waals surface area contributed by atoms with Crippen LogP contribution in [-0.2, 0) is 4.79 Å². The van der Waals surface area contributed by atoms with Gasteiger partial charge in [0, 0.05) is 22.9 Å². The van der Waals surface area contributed by atoms with Gasteiger partial charge >= 0.3 is 6.01 Å². The van der Waals surface area contributed by atoms with Gasteiger partial charge in [-0.15, -0.1) is 5.10 Å². The highest BCUT2D eigenvalue weighted by molar-refractivity contribution is 6.19. The van der Waals surface area contributed by atoms with Crippen LogP contribution in [0.5, 0.6) is 5.75 Å². The number of fused-ring (bicyclic) bond motifs is 1. The van der Waals surface area contributed by atoms with Crippen LogP contribution in [0.1, 0.15) is 16.8 Å². The molecular formula is C28H23N7O3. The second kappa shape index (κ2) is 9.66. The Morgan fingerprint density at radius 3 is 2.61 bits per heavy atom. The van der Waals surface area contributed by atoms with E-state index < -0.39 is 6.17 Å². The van der Waals surface area contributed by atoms with Crippen molar-refractivity contribution < 1.29 is 13.9 Å². The summed E-state index contributed by atoms with van der Waals surface area (Å²) in [6.07, 6.45) is 2.64. The van der Waals surface area contributed by atoms with Crippen LogP contribution in [0.3, 0.4) is 0 Å². The summed E-state index contributed by atoms with van der Waals surface area (Å²) in [7, 11) is 1.60. The molecule has 1 amide bonds. The third kappa shape index (κ3) is 4.39. The van der Waals surface area contributed by atoms with E-state index in [2.05, 4.69) is 25.8 Å². The summed E-state index contributed by atoms with van der Waals surface area (Å²) in [6.45, 7) is 1.92. The number of imidazole rings is 1. The molecule has 3 heterocycles. The first-order valence-corrected chi connectivity index (χ1v) is 11.9. The number of aryl methyl sites for hydroxylation is 1. The fourth-order valence-corrected chi connectivity index (χ4v) is 4.27. The first-order chi connectivity index (χ1) is 18.6. The molecule has 6 rings (SSSR count). The molecular weight excluding hydrogens is 482 g/mol. The molecule has 0 spiro atoms. The number of carbonyl (C=O) groups excluding carboxylic acids is 1. The quantitative estimate of drug-likeness (QED) is 0.349. The Hall–Kier alpha value is -5.25. The lowest BCUT2D eigenvalue weighted by atomic mass is 10.0. The van der Waals surface area contributed by atoms with Gasteiger partial charge in [0.2, 0.25) is 12.1 Å². The van der Waals surface area contributed by atoms with E-state index in [1.165, 1.54) is 0 Å². The average molecular weight is 506 g/mol. The summed E-state index contributed by atoms with van der Waals surface area (Å²) >= 11 is 0. The molecule has 0 aliphatic carbocycles. The van der Waals surface area contributed by atoms with Gasteiger partial charge in [-0.05, 0) is 31.2 Å². The number of aliphatic imine (C=N–C) groups is 1. The Morgan fingerprint density at radius 2 is 1.82 bits per heavy atom. The highest BCUT2D eigenvalue weighted by Gasteiger charge is 2.27. The number of anilines is 2. The number of aromatic nitrogens is 4.